The van der Waals surface area contributed by atoms with Crippen molar-refractivity contribution in [1.82, 2.24) is 9.97 Å². The summed E-state index contributed by atoms with van der Waals surface area (Å²) in [6.45, 7) is 0. The maximum absolute atomic E-state index is 6.06. The monoisotopic (exact) mass is 356 g/mol. The smallest absolute Gasteiger partial charge is 0.205 e. The molecule has 1 N–H and O–H groups in total. The number of nitrogens with zero attached hydrogens (tertiary/aromatic N) is 1. The number of fused-ring (bicyclic) bond motifs is 2. The molecular formula is C18H13ClN2O2S. The first-order valence-electron chi connectivity index (χ1n) is 7.38. The molecule has 2 aromatic carbocycles. The SMILES string of the molecule is COc1ccc(-c2nc(=S)c3c([nH]2)Oc2ccc(Cl)cc2C3)cc1. The second kappa shape index (κ2) is 5.92. The maximum Gasteiger partial charge on any atom is 0.205 e. The molecule has 0 fully saturated rings. The Hall–Kier alpha value is -2.37. The number of ether oxygens (including phenoxy) is 2. The zero-order chi connectivity index (χ0) is 16.7. The quantitative estimate of drug-likeness (QED) is 0.504. The van der Waals surface area contributed by atoms with Crippen LogP contribution in [-0.4, -0.2) is 17.1 Å². The molecule has 2 heterocycles. The van der Waals surface area contributed by atoms with E-state index >= 15 is 0 Å². The molecule has 1 aliphatic rings. The fourth-order valence-corrected chi connectivity index (χ4v) is 3.14. The second-order valence-corrected chi connectivity index (χ2v) is 6.28. The van der Waals surface area contributed by atoms with Gasteiger partial charge in [-0.05, 0) is 42.5 Å². The Balaban J connectivity index is 1.77. The zero-order valence-corrected chi connectivity index (χ0v) is 14.4. The molecule has 3 aromatic rings. The highest BCUT2D eigenvalue weighted by Crippen LogP contribution is 2.37. The molecule has 0 atom stereocenters. The van der Waals surface area contributed by atoms with E-state index in [9.17, 15) is 0 Å². The molecule has 0 radical (unpaired) electrons. The van der Waals surface area contributed by atoms with E-state index in [-0.39, 0.29) is 0 Å². The lowest BCUT2D eigenvalue weighted by molar-refractivity contribution is 0.415. The highest BCUT2D eigenvalue weighted by molar-refractivity contribution is 7.71. The lowest BCUT2D eigenvalue weighted by Gasteiger charge is -2.20. The molecular weight excluding hydrogens is 344 g/mol. The Bertz CT molecular complexity index is 983. The zero-order valence-electron chi connectivity index (χ0n) is 12.8. The number of aromatic amines is 1. The third-order valence-electron chi connectivity index (χ3n) is 3.94. The summed E-state index contributed by atoms with van der Waals surface area (Å²) in [5.41, 5.74) is 2.79. The van der Waals surface area contributed by atoms with Gasteiger partial charge in [-0.2, -0.15) is 0 Å². The molecule has 0 unspecified atom stereocenters. The summed E-state index contributed by atoms with van der Waals surface area (Å²) in [4.78, 5) is 7.75. The molecule has 0 saturated heterocycles. The van der Waals surface area contributed by atoms with E-state index in [0.29, 0.717) is 27.8 Å². The van der Waals surface area contributed by atoms with Gasteiger partial charge in [0, 0.05) is 22.6 Å². The van der Waals surface area contributed by atoms with Crippen LogP contribution < -0.4 is 9.47 Å². The van der Waals surface area contributed by atoms with E-state index in [1.807, 2.05) is 42.5 Å². The molecule has 120 valence electrons. The van der Waals surface area contributed by atoms with Gasteiger partial charge < -0.3 is 14.5 Å². The van der Waals surface area contributed by atoms with Crippen molar-refractivity contribution in [3.8, 4) is 28.8 Å². The topological polar surface area (TPSA) is 47.1 Å². The number of hydrogen-bond donors (Lipinski definition) is 1. The summed E-state index contributed by atoms with van der Waals surface area (Å²) in [6.07, 6.45) is 0.649. The van der Waals surface area contributed by atoms with Crippen LogP contribution in [0, 0.1) is 4.64 Å². The Morgan fingerprint density at radius 2 is 2.00 bits per heavy atom. The molecule has 1 aliphatic heterocycles. The van der Waals surface area contributed by atoms with Crippen molar-refractivity contribution in [3.63, 3.8) is 0 Å². The minimum Gasteiger partial charge on any atom is -0.497 e. The number of H-pyrrole nitrogens is 1. The number of benzene rings is 2. The van der Waals surface area contributed by atoms with E-state index in [4.69, 9.17) is 33.3 Å². The number of aromatic nitrogens is 2. The third kappa shape index (κ3) is 2.66. The van der Waals surface area contributed by atoms with Crippen LogP contribution in [0.5, 0.6) is 17.4 Å². The van der Waals surface area contributed by atoms with Crippen LogP contribution in [0.25, 0.3) is 11.4 Å². The van der Waals surface area contributed by atoms with Crippen LogP contribution in [0.3, 0.4) is 0 Å². The number of halogens is 1. The maximum atomic E-state index is 6.06. The van der Waals surface area contributed by atoms with Gasteiger partial charge in [0.25, 0.3) is 0 Å². The number of nitrogens with one attached hydrogen (secondary N) is 1. The lowest BCUT2D eigenvalue weighted by atomic mass is 10.0. The van der Waals surface area contributed by atoms with Gasteiger partial charge in [0.15, 0.2) is 0 Å². The molecule has 4 rings (SSSR count). The molecule has 0 amide bonds. The Labute approximate surface area is 149 Å². The van der Waals surface area contributed by atoms with Crippen LogP contribution in [0.15, 0.2) is 42.5 Å². The molecule has 6 heteroatoms. The van der Waals surface area contributed by atoms with E-state index in [1.54, 1.807) is 7.11 Å². The molecule has 4 nitrogen and oxygen atoms in total. The first-order valence-corrected chi connectivity index (χ1v) is 8.16. The van der Waals surface area contributed by atoms with Crippen LogP contribution in [-0.2, 0) is 6.42 Å². The highest BCUT2D eigenvalue weighted by atomic mass is 35.5. The van der Waals surface area contributed by atoms with Gasteiger partial charge >= 0.3 is 0 Å². The van der Waals surface area contributed by atoms with Gasteiger partial charge in [-0.15, -0.1) is 0 Å². The predicted octanol–water partition coefficient (Wildman–Crippen LogP) is 5.16. The summed E-state index contributed by atoms with van der Waals surface area (Å²) in [5, 5.41) is 0.679. The summed E-state index contributed by atoms with van der Waals surface area (Å²) in [7, 11) is 1.64. The third-order valence-corrected chi connectivity index (χ3v) is 4.52. The van der Waals surface area contributed by atoms with Gasteiger partial charge in [-0.3, -0.25) is 0 Å². The largest absolute Gasteiger partial charge is 0.497 e. The van der Waals surface area contributed by atoms with Crippen LogP contribution in [0.4, 0.5) is 0 Å². The number of hydrogen-bond acceptors (Lipinski definition) is 4. The summed E-state index contributed by atoms with van der Waals surface area (Å²) in [6, 6.07) is 13.2. The van der Waals surface area contributed by atoms with Crippen molar-refractivity contribution >= 4 is 23.8 Å². The van der Waals surface area contributed by atoms with E-state index in [1.165, 1.54) is 0 Å². The molecule has 0 spiro atoms. The fraction of sp³-hybridized carbons (Fsp3) is 0.111. The van der Waals surface area contributed by atoms with E-state index in [0.717, 1.165) is 28.2 Å². The van der Waals surface area contributed by atoms with E-state index < -0.39 is 0 Å². The average Bonchev–Trinajstić information content (AvgIpc) is 2.60. The molecule has 0 saturated carbocycles. The average molecular weight is 357 g/mol. The lowest BCUT2D eigenvalue weighted by Crippen LogP contribution is -2.07. The van der Waals surface area contributed by atoms with Gasteiger partial charge in [0.05, 0.1) is 12.7 Å². The number of rotatable bonds is 2. The Morgan fingerprint density at radius 3 is 2.75 bits per heavy atom. The summed E-state index contributed by atoms with van der Waals surface area (Å²) < 4.78 is 11.7. The Kier molecular flexibility index (Phi) is 3.75. The van der Waals surface area contributed by atoms with Crippen molar-refractivity contribution in [3.05, 3.63) is 63.3 Å². The molecule has 0 bridgehead atoms. The van der Waals surface area contributed by atoms with Crippen molar-refractivity contribution in [2.75, 3.05) is 7.11 Å². The minimum atomic E-state index is 0.528. The van der Waals surface area contributed by atoms with Crippen molar-refractivity contribution in [2.24, 2.45) is 0 Å². The molecule has 0 aliphatic carbocycles. The fourth-order valence-electron chi connectivity index (χ4n) is 2.69. The predicted molar refractivity (Wildman–Crippen MR) is 95.7 cm³/mol. The molecule has 1 aromatic heterocycles. The Morgan fingerprint density at radius 1 is 1.21 bits per heavy atom. The summed E-state index contributed by atoms with van der Waals surface area (Å²) in [5.74, 6) is 2.87. The van der Waals surface area contributed by atoms with Gasteiger partial charge in [-0.1, -0.05) is 23.8 Å². The van der Waals surface area contributed by atoms with Crippen molar-refractivity contribution in [2.45, 2.75) is 6.42 Å². The van der Waals surface area contributed by atoms with E-state index in [2.05, 4.69) is 9.97 Å². The van der Waals surface area contributed by atoms with Crippen molar-refractivity contribution in [1.29, 1.82) is 0 Å². The van der Waals surface area contributed by atoms with Gasteiger partial charge in [0.2, 0.25) is 5.88 Å². The van der Waals surface area contributed by atoms with Crippen molar-refractivity contribution < 1.29 is 9.47 Å². The second-order valence-electron chi connectivity index (χ2n) is 5.46. The highest BCUT2D eigenvalue weighted by Gasteiger charge is 2.20. The normalized spacial score (nSPS) is 12.1. The van der Waals surface area contributed by atoms with Gasteiger partial charge in [-0.25, -0.2) is 4.98 Å². The van der Waals surface area contributed by atoms with Crippen LogP contribution in [0.1, 0.15) is 11.1 Å². The minimum absolute atomic E-state index is 0.528. The standard InChI is InChI=1S/C18H13ClN2O2S/c1-22-13-5-2-10(3-6-13)16-20-17-14(18(24)21-16)9-11-8-12(19)4-7-15(11)23-17/h2-8H,9H2,1H3,(H,20,21,24). The van der Waals surface area contributed by atoms with Crippen LogP contribution >= 0.6 is 23.8 Å². The van der Waals surface area contributed by atoms with Crippen LogP contribution in [0.2, 0.25) is 5.02 Å². The molecule has 24 heavy (non-hydrogen) atoms. The summed E-state index contributed by atoms with van der Waals surface area (Å²) >= 11 is 11.5. The van der Waals surface area contributed by atoms with Gasteiger partial charge in [0.1, 0.15) is 22.0 Å². The first kappa shape index (κ1) is 15.2. The number of methoxy groups -OCH3 is 1. The first-order chi connectivity index (χ1) is 11.6.